The molecule has 1 atom stereocenters. The molecule has 2 amide bonds. The van der Waals surface area contributed by atoms with Gasteiger partial charge in [-0.2, -0.15) is 0 Å². The number of benzene rings is 2. The molecule has 150 valence electrons. The molecule has 9 heteroatoms. The second-order valence-electron chi connectivity index (χ2n) is 6.05. The third-order valence-corrected chi connectivity index (χ3v) is 5.09. The van der Waals surface area contributed by atoms with Gasteiger partial charge in [-0.3, -0.25) is 14.9 Å². The van der Waals surface area contributed by atoms with Crippen molar-refractivity contribution in [2.24, 2.45) is 0 Å². The summed E-state index contributed by atoms with van der Waals surface area (Å²) in [5.74, 6) is 0.0477. The number of hydrogen-bond acceptors (Lipinski definition) is 6. The second kappa shape index (κ2) is 9.99. The Hall–Kier alpha value is -2.97. The molecule has 1 heterocycles. The summed E-state index contributed by atoms with van der Waals surface area (Å²) in [5, 5.41) is 15.0. The van der Waals surface area contributed by atoms with E-state index in [1.165, 1.54) is 11.3 Å². The quantitative estimate of drug-likeness (QED) is 0.569. The molecule has 0 saturated heterocycles. The first-order chi connectivity index (χ1) is 14.0. The van der Waals surface area contributed by atoms with E-state index in [1.807, 2.05) is 18.2 Å². The van der Waals surface area contributed by atoms with Gasteiger partial charge in [-0.1, -0.05) is 53.3 Å². The van der Waals surface area contributed by atoms with Crippen LogP contribution in [0.15, 0.2) is 54.6 Å². The summed E-state index contributed by atoms with van der Waals surface area (Å²) >= 11 is 7.26. The summed E-state index contributed by atoms with van der Waals surface area (Å²) in [5.41, 5.74) is 0.423. The van der Waals surface area contributed by atoms with Gasteiger partial charge in [0, 0.05) is 13.0 Å². The second-order valence-corrected chi connectivity index (χ2v) is 7.52. The monoisotopic (exact) mass is 430 g/mol. The Morgan fingerprint density at radius 2 is 1.83 bits per heavy atom. The number of aromatic nitrogens is 2. The molecule has 0 fully saturated rings. The normalized spacial score (nSPS) is 11.5. The van der Waals surface area contributed by atoms with E-state index >= 15 is 0 Å². The summed E-state index contributed by atoms with van der Waals surface area (Å²) < 4.78 is 5.58. The zero-order valence-corrected chi connectivity index (χ0v) is 17.2. The first-order valence-electron chi connectivity index (χ1n) is 8.90. The van der Waals surface area contributed by atoms with Crippen LogP contribution in [0.5, 0.6) is 5.75 Å². The summed E-state index contributed by atoms with van der Waals surface area (Å²) in [6, 6.07) is 16.0. The van der Waals surface area contributed by atoms with Gasteiger partial charge in [-0.15, -0.1) is 10.2 Å². The first kappa shape index (κ1) is 20.8. The maximum Gasteiger partial charge on any atom is 0.266 e. The molecule has 0 aliphatic carbocycles. The SMILES string of the molecule is CC(Oc1ccccc1)C(=O)Nc1nnc(CCNC(=O)c2ccccc2Cl)s1. The van der Waals surface area contributed by atoms with Crippen LogP contribution in [0.2, 0.25) is 5.02 Å². The topological polar surface area (TPSA) is 93.2 Å². The van der Waals surface area contributed by atoms with Crippen molar-refractivity contribution in [2.75, 3.05) is 11.9 Å². The molecular weight excluding hydrogens is 412 g/mol. The van der Waals surface area contributed by atoms with Crippen LogP contribution in [-0.2, 0) is 11.2 Å². The van der Waals surface area contributed by atoms with E-state index < -0.39 is 6.10 Å². The van der Waals surface area contributed by atoms with E-state index in [1.54, 1.807) is 43.3 Å². The third-order valence-electron chi connectivity index (χ3n) is 3.87. The summed E-state index contributed by atoms with van der Waals surface area (Å²) in [6.07, 6.45) is -0.195. The zero-order valence-electron chi connectivity index (χ0n) is 15.6. The van der Waals surface area contributed by atoms with Crippen LogP contribution in [0.4, 0.5) is 5.13 Å². The maximum absolute atomic E-state index is 12.3. The smallest absolute Gasteiger partial charge is 0.266 e. The van der Waals surface area contributed by atoms with Crippen molar-refractivity contribution in [3.05, 3.63) is 70.2 Å². The van der Waals surface area contributed by atoms with E-state index in [-0.39, 0.29) is 11.8 Å². The lowest BCUT2D eigenvalue weighted by Crippen LogP contribution is -2.30. The first-order valence-corrected chi connectivity index (χ1v) is 10.1. The van der Waals surface area contributed by atoms with Gasteiger partial charge < -0.3 is 10.1 Å². The summed E-state index contributed by atoms with van der Waals surface area (Å²) in [7, 11) is 0. The van der Waals surface area contributed by atoms with Crippen LogP contribution in [0.3, 0.4) is 0 Å². The van der Waals surface area contributed by atoms with Gasteiger partial charge in [0.25, 0.3) is 11.8 Å². The number of amides is 2. The van der Waals surface area contributed by atoms with Gasteiger partial charge in [0.2, 0.25) is 5.13 Å². The lowest BCUT2D eigenvalue weighted by atomic mass is 10.2. The van der Waals surface area contributed by atoms with E-state index in [0.29, 0.717) is 39.4 Å². The predicted molar refractivity (Wildman–Crippen MR) is 113 cm³/mol. The molecule has 2 aromatic carbocycles. The number of carbonyl (C=O) groups excluding carboxylic acids is 2. The van der Waals surface area contributed by atoms with Gasteiger partial charge in [-0.05, 0) is 31.2 Å². The molecule has 3 aromatic rings. The van der Waals surface area contributed by atoms with Crippen LogP contribution in [0.25, 0.3) is 0 Å². The lowest BCUT2D eigenvalue weighted by Gasteiger charge is -2.13. The molecule has 0 radical (unpaired) electrons. The lowest BCUT2D eigenvalue weighted by molar-refractivity contribution is -0.122. The van der Waals surface area contributed by atoms with Crippen molar-refractivity contribution < 1.29 is 14.3 Å². The number of rotatable bonds is 8. The van der Waals surface area contributed by atoms with Crippen molar-refractivity contribution in [2.45, 2.75) is 19.4 Å². The van der Waals surface area contributed by atoms with Crippen LogP contribution >= 0.6 is 22.9 Å². The Morgan fingerprint density at radius 1 is 1.10 bits per heavy atom. The van der Waals surface area contributed by atoms with E-state index in [2.05, 4.69) is 20.8 Å². The van der Waals surface area contributed by atoms with Crippen LogP contribution in [0, 0.1) is 0 Å². The minimum absolute atomic E-state index is 0.250. The third kappa shape index (κ3) is 6.00. The summed E-state index contributed by atoms with van der Waals surface area (Å²) in [4.78, 5) is 24.4. The highest BCUT2D eigenvalue weighted by atomic mass is 35.5. The fourth-order valence-corrected chi connectivity index (χ4v) is 3.36. The van der Waals surface area contributed by atoms with Crippen LogP contribution in [-0.4, -0.2) is 34.7 Å². The number of anilines is 1. The molecule has 7 nitrogen and oxygen atoms in total. The summed E-state index contributed by atoms with van der Waals surface area (Å²) in [6.45, 7) is 2.04. The average Bonchev–Trinajstić information content (AvgIpc) is 3.16. The van der Waals surface area contributed by atoms with Gasteiger partial charge in [0.05, 0.1) is 10.6 Å². The van der Waals surface area contributed by atoms with Crippen molar-refractivity contribution >= 4 is 39.9 Å². The number of ether oxygens (including phenoxy) is 1. The number of nitrogens with zero attached hydrogens (tertiary/aromatic N) is 2. The maximum atomic E-state index is 12.3. The number of nitrogens with one attached hydrogen (secondary N) is 2. The van der Waals surface area contributed by atoms with E-state index in [9.17, 15) is 9.59 Å². The van der Waals surface area contributed by atoms with Crippen LogP contribution in [0.1, 0.15) is 22.3 Å². The Bertz CT molecular complexity index is 981. The van der Waals surface area contributed by atoms with Gasteiger partial charge >= 0.3 is 0 Å². The number of hydrogen-bond donors (Lipinski definition) is 2. The highest BCUT2D eigenvalue weighted by Gasteiger charge is 2.17. The molecule has 0 aliphatic heterocycles. The fraction of sp³-hybridized carbons (Fsp3) is 0.200. The van der Waals surface area contributed by atoms with Crippen molar-refractivity contribution in [1.82, 2.24) is 15.5 Å². The number of halogens is 1. The molecule has 0 spiro atoms. The van der Waals surface area contributed by atoms with Crippen molar-refractivity contribution in [3.63, 3.8) is 0 Å². The Balaban J connectivity index is 1.46. The zero-order chi connectivity index (χ0) is 20.6. The Morgan fingerprint density at radius 3 is 2.59 bits per heavy atom. The van der Waals surface area contributed by atoms with Crippen molar-refractivity contribution in [1.29, 1.82) is 0 Å². The Kier molecular flexibility index (Phi) is 7.15. The molecule has 3 rings (SSSR count). The van der Waals surface area contributed by atoms with Gasteiger partial charge in [0.1, 0.15) is 10.8 Å². The number of para-hydroxylation sites is 1. The molecule has 29 heavy (non-hydrogen) atoms. The standard InChI is InChI=1S/C20H19ClN4O3S/c1-13(28-14-7-3-2-4-8-14)18(26)23-20-25-24-17(29-20)11-12-22-19(27)15-9-5-6-10-16(15)21/h2-10,13H,11-12H2,1H3,(H,22,27)(H,23,25,26). The van der Waals surface area contributed by atoms with E-state index in [4.69, 9.17) is 16.3 Å². The molecule has 0 bridgehead atoms. The van der Waals surface area contributed by atoms with Crippen molar-refractivity contribution in [3.8, 4) is 5.75 Å². The fourth-order valence-electron chi connectivity index (χ4n) is 2.39. The highest BCUT2D eigenvalue weighted by Crippen LogP contribution is 2.18. The molecule has 1 aromatic heterocycles. The van der Waals surface area contributed by atoms with Gasteiger partial charge in [0.15, 0.2) is 6.10 Å². The molecule has 1 unspecified atom stereocenters. The predicted octanol–water partition coefficient (Wildman–Crippen LogP) is 3.57. The van der Waals surface area contributed by atoms with Crippen LogP contribution < -0.4 is 15.4 Å². The molecule has 2 N–H and O–H groups in total. The van der Waals surface area contributed by atoms with E-state index in [0.717, 1.165) is 0 Å². The molecular formula is C20H19ClN4O3S. The minimum Gasteiger partial charge on any atom is -0.481 e. The largest absolute Gasteiger partial charge is 0.481 e. The highest BCUT2D eigenvalue weighted by molar-refractivity contribution is 7.15. The molecule has 0 aliphatic rings. The molecule has 0 saturated carbocycles. The van der Waals surface area contributed by atoms with Gasteiger partial charge in [-0.25, -0.2) is 0 Å². The minimum atomic E-state index is -0.681. The number of carbonyl (C=O) groups is 2. The average molecular weight is 431 g/mol. The Labute approximate surface area is 177 Å².